The summed E-state index contributed by atoms with van der Waals surface area (Å²) in [5.74, 6) is 0.624. The molecule has 0 amide bonds. The largest absolute Gasteiger partial charge is 0.478 e. The summed E-state index contributed by atoms with van der Waals surface area (Å²) in [6.07, 6.45) is 7.37. The van der Waals surface area contributed by atoms with Crippen LogP contribution in [-0.2, 0) is 9.59 Å². The Balaban J connectivity index is 4.94. The van der Waals surface area contributed by atoms with Gasteiger partial charge in [-0.25, -0.2) is 4.79 Å². The van der Waals surface area contributed by atoms with Gasteiger partial charge in [-0.05, 0) is 62.4 Å². The Labute approximate surface area is 189 Å². The summed E-state index contributed by atoms with van der Waals surface area (Å²) >= 11 is 0. The molecule has 0 saturated heterocycles. The summed E-state index contributed by atoms with van der Waals surface area (Å²) in [4.78, 5) is 23.8. The van der Waals surface area contributed by atoms with Crippen molar-refractivity contribution in [1.82, 2.24) is 0 Å². The lowest BCUT2D eigenvalue weighted by Crippen LogP contribution is -2.22. The molecule has 0 saturated carbocycles. The van der Waals surface area contributed by atoms with Crippen molar-refractivity contribution in [3.63, 3.8) is 0 Å². The van der Waals surface area contributed by atoms with E-state index in [1.807, 2.05) is 6.92 Å². The molecule has 5 unspecified atom stereocenters. The highest BCUT2D eigenvalue weighted by molar-refractivity contribution is 5.89. The second kappa shape index (κ2) is 15.4. The number of hydrogen-bond acceptors (Lipinski definition) is 4. The topological polar surface area (TPSA) is 94.8 Å². The van der Waals surface area contributed by atoms with E-state index >= 15 is 0 Å². The van der Waals surface area contributed by atoms with Crippen LogP contribution in [-0.4, -0.2) is 39.8 Å². The van der Waals surface area contributed by atoms with Gasteiger partial charge in [-0.15, -0.1) is 0 Å². The zero-order chi connectivity index (χ0) is 24.1. The molecular weight excluding hydrogens is 392 g/mol. The fraction of sp³-hybridized carbons (Fsp3) is 0.769. The molecule has 0 aliphatic carbocycles. The molecule has 0 aliphatic heterocycles. The van der Waals surface area contributed by atoms with Gasteiger partial charge in [-0.3, -0.25) is 4.79 Å². The number of allylic oxidation sites excluding steroid dienone is 3. The molecule has 3 N–H and O–H groups in total. The molecule has 0 spiro atoms. The molecule has 180 valence electrons. The van der Waals surface area contributed by atoms with Crippen LogP contribution in [0.15, 0.2) is 23.3 Å². The van der Waals surface area contributed by atoms with Crippen LogP contribution in [0, 0.1) is 29.6 Å². The number of aliphatic hydroxyl groups excluding tert-OH is 2. The molecule has 31 heavy (non-hydrogen) atoms. The summed E-state index contributed by atoms with van der Waals surface area (Å²) in [5, 5.41) is 27.9. The minimum absolute atomic E-state index is 0.107. The van der Waals surface area contributed by atoms with Crippen molar-refractivity contribution < 1.29 is 24.9 Å². The van der Waals surface area contributed by atoms with Crippen molar-refractivity contribution in [2.75, 3.05) is 6.61 Å². The summed E-state index contributed by atoms with van der Waals surface area (Å²) < 4.78 is 0. The van der Waals surface area contributed by atoms with E-state index in [9.17, 15) is 19.8 Å². The van der Waals surface area contributed by atoms with Crippen LogP contribution in [0.1, 0.15) is 87.0 Å². The molecule has 0 aliphatic rings. The molecule has 5 heteroatoms. The first kappa shape index (κ1) is 29.5. The van der Waals surface area contributed by atoms with Crippen molar-refractivity contribution >= 4 is 11.8 Å². The summed E-state index contributed by atoms with van der Waals surface area (Å²) in [5.41, 5.74) is 1.08. The van der Waals surface area contributed by atoms with Crippen LogP contribution >= 0.6 is 0 Å². The molecule has 0 heterocycles. The normalized spacial score (nSPS) is 18.7. The summed E-state index contributed by atoms with van der Waals surface area (Å²) in [7, 11) is 0. The lowest BCUT2D eigenvalue weighted by Gasteiger charge is -2.21. The minimum Gasteiger partial charge on any atom is -0.478 e. The molecule has 0 aromatic carbocycles. The maximum Gasteiger partial charge on any atom is 0.331 e. The Morgan fingerprint density at radius 3 is 1.97 bits per heavy atom. The van der Waals surface area contributed by atoms with E-state index in [1.165, 1.54) is 19.3 Å². The third-order valence-corrected chi connectivity index (χ3v) is 6.03. The molecule has 0 radical (unpaired) electrons. The third kappa shape index (κ3) is 13.5. The molecule has 0 bridgehead atoms. The Morgan fingerprint density at radius 2 is 1.45 bits per heavy atom. The van der Waals surface area contributed by atoms with Crippen LogP contribution < -0.4 is 0 Å². The first-order valence-electron chi connectivity index (χ1n) is 11.8. The van der Waals surface area contributed by atoms with Gasteiger partial charge in [0, 0.05) is 17.9 Å². The predicted octanol–water partition coefficient (Wildman–Crippen LogP) is 5.41. The van der Waals surface area contributed by atoms with Crippen LogP contribution in [0.3, 0.4) is 0 Å². The average molecular weight is 439 g/mol. The lowest BCUT2D eigenvalue weighted by molar-refractivity contribution is -0.133. The van der Waals surface area contributed by atoms with Crippen molar-refractivity contribution in [2.45, 2.75) is 93.1 Å². The second-order valence-electron chi connectivity index (χ2n) is 9.91. The van der Waals surface area contributed by atoms with Gasteiger partial charge in [-0.2, -0.15) is 0 Å². The Kier molecular flexibility index (Phi) is 14.6. The van der Waals surface area contributed by atoms with Gasteiger partial charge in [0.25, 0.3) is 0 Å². The number of hydrogen-bond donors (Lipinski definition) is 3. The van der Waals surface area contributed by atoms with Crippen LogP contribution in [0.25, 0.3) is 0 Å². The monoisotopic (exact) mass is 438 g/mol. The maximum absolute atomic E-state index is 12.1. The van der Waals surface area contributed by atoms with E-state index in [2.05, 4.69) is 40.7 Å². The highest BCUT2D eigenvalue weighted by Gasteiger charge is 2.21. The highest BCUT2D eigenvalue weighted by atomic mass is 16.4. The summed E-state index contributed by atoms with van der Waals surface area (Å²) in [6, 6.07) is 0. The average Bonchev–Trinajstić information content (AvgIpc) is 2.66. The number of ketones is 1. The zero-order valence-corrected chi connectivity index (χ0v) is 20.7. The van der Waals surface area contributed by atoms with Crippen molar-refractivity contribution in [1.29, 1.82) is 0 Å². The van der Waals surface area contributed by atoms with Crippen LogP contribution in [0.2, 0.25) is 0 Å². The Bertz CT molecular complexity index is 607. The predicted molar refractivity (Wildman–Crippen MR) is 127 cm³/mol. The molecule has 0 fully saturated rings. The number of carbonyl (C=O) groups is 2. The molecule has 0 rings (SSSR count). The Morgan fingerprint density at radius 1 is 0.903 bits per heavy atom. The molecule has 6 atom stereocenters. The highest BCUT2D eigenvalue weighted by Crippen LogP contribution is 2.26. The van der Waals surface area contributed by atoms with Crippen LogP contribution in [0.4, 0.5) is 0 Å². The van der Waals surface area contributed by atoms with E-state index in [-0.39, 0.29) is 24.2 Å². The van der Waals surface area contributed by atoms with E-state index in [1.54, 1.807) is 13.0 Å². The first-order valence-corrected chi connectivity index (χ1v) is 11.8. The number of aliphatic hydroxyl groups is 2. The van der Waals surface area contributed by atoms with Gasteiger partial charge in [0.05, 0.1) is 12.7 Å². The van der Waals surface area contributed by atoms with Gasteiger partial charge in [0.2, 0.25) is 0 Å². The first-order chi connectivity index (χ1) is 14.4. The molecular formula is C26H46O5. The van der Waals surface area contributed by atoms with E-state index in [4.69, 9.17) is 5.11 Å². The molecule has 0 aromatic rings. The van der Waals surface area contributed by atoms with Crippen molar-refractivity contribution in [3.8, 4) is 0 Å². The maximum atomic E-state index is 12.1. The number of aliphatic carboxylic acids is 1. The second-order valence-corrected chi connectivity index (χ2v) is 9.91. The number of Topliss-reactive ketones (excluding diaryl/α,β-unsaturated/α-hetero) is 1. The smallest absolute Gasteiger partial charge is 0.331 e. The minimum atomic E-state index is -1.09. The van der Waals surface area contributed by atoms with Crippen molar-refractivity contribution in [2.24, 2.45) is 29.6 Å². The number of carbonyl (C=O) groups excluding carboxylic acids is 1. The van der Waals surface area contributed by atoms with Gasteiger partial charge >= 0.3 is 5.97 Å². The fourth-order valence-electron chi connectivity index (χ4n) is 4.36. The third-order valence-electron chi connectivity index (χ3n) is 6.03. The van der Waals surface area contributed by atoms with E-state index < -0.39 is 24.6 Å². The number of carboxylic acids is 1. The SMILES string of the molecule is CCC(C)CC(C)CC(C)CC(C)/C=C(C)/C=C(/CC(C)C(=O)C[C@@H](O)CO)C(=O)O. The zero-order valence-electron chi connectivity index (χ0n) is 20.7. The molecule has 0 aromatic heterocycles. The fourth-order valence-corrected chi connectivity index (χ4v) is 4.36. The Hall–Kier alpha value is -1.46. The van der Waals surface area contributed by atoms with E-state index in [0.29, 0.717) is 17.8 Å². The summed E-state index contributed by atoms with van der Waals surface area (Å²) in [6.45, 7) is 14.4. The van der Waals surface area contributed by atoms with Gasteiger partial charge in [0.1, 0.15) is 5.78 Å². The van der Waals surface area contributed by atoms with Gasteiger partial charge in [-0.1, -0.05) is 59.6 Å². The molecule has 5 nitrogen and oxygen atoms in total. The standard InChI is InChI=1S/C26H46O5/c1-8-17(2)9-18(3)10-19(4)11-20(5)12-21(6)13-23(26(30)31)14-22(7)25(29)15-24(28)16-27/h12-13,17-20,22,24,27-28H,8-11,14-16H2,1-7H3,(H,30,31)/b21-12+,23-13-/t17?,18?,19?,20?,22?,24-/m1/s1. The number of carboxylic acid groups (broad SMARTS) is 1. The quantitative estimate of drug-likeness (QED) is 0.221. The van der Waals surface area contributed by atoms with E-state index in [0.717, 1.165) is 17.9 Å². The number of rotatable bonds is 16. The van der Waals surface area contributed by atoms with Crippen LogP contribution in [0.5, 0.6) is 0 Å². The van der Waals surface area contributed by atoms with Crippen molar-refractivity contribution in [3.05, 3.63) is 23.3 Å². The van der Waals surface area contributed by atoms with Gasteiger partial charge < -0.3 is 15.3 Å². The van der Waals surface area contributed by atoms with Gasteiger partial charge in [0.15, 0.2) is 0 Å². The lowest BCUT2D eigenvalue weighted by atomic mass is 9.84.